The van der Waals surface area contributed by atoms with Crippen LogP contribution in [0.1, 0.15) is 44.0 Å². The largest absolute Gasteiger partial charge is 0.492 e. The molecule has 0 radical (unpaired) electrons. The van der Waals surface area contributed by atoms with Gasteiger partial charge in [0.15, 0.2) is 0 Å². The van der Waals surface area contributed by atoms with E-state index >= 15 is 0 Å². The van der Waals surface area contributed by atoms with Gasteiger partial charge in [0.2, 0.25) is 0 Å². The second-order valence-corrected chi connectivity index (χ2v) is 5.32. The molecule has 0 saturated heterocycles. The molecule has 1 atom stereocenters. The zero-order valence-corrected chi connectivity index (χ0v) is 12.8. The van der Waals surface area contributed by atoms with E-state index in [1.165, 1.54) is 0 Å². The van der Waals surface area contributed by atoms with Crippen LogP contribution >= 0.6 is 11.3 Å². The zero-order chi connectivity index (χ0) is 14.2. The molecule has 0 saturated carbocycles. The third kappa shape index (κ3) is 4.02. The molecule has 108 valence electrons. The molecule has 0 spiro atoms. The maximum absolute atomic E-state index is 5.66. The number of pyridine rings is 1. The van der Waals surface area contributed by atoms with Crippen LogP contribution in [0.4, 0.5) is 0 Å². The molecule has 1 unspecified atom stereocenters. The standard InChI is InChI=1S/C15H21N3OS/c1-3-5-17-15(14-10-20-11-18-14)12-7-13(9-16-8-12)19-6-4-2/h7-11,15,17H,3-6H2,1-2H3. The van der Waals surface area contributed by atoms with Crippen LogP contribution in [0.3, 0.4) is 0 Å². The van der Waals surface area contributed by atoms with Crippen LogP contribution in [0.2, 0.25) is 0 Å². The lowest BCUT2D eigenvalue weighted by Gasteiger charge is -2.17. The minimum atomic E-state index is 0.0823. The van der Waals surface area contributed by atoms with Gasteiger partial charge in [0.1, 0.15) is 5.75 Å². The predicted octanol–water partition coefficient (Wildman–Crippen LogP) is 3.42. The maximum Gasteiger partial charge on any atom is 0.137 e. The molecule has 20 heavy (non-hydrogen) atoms. The highest BCUT2D eigenvalue weighted by Gasteiger charge is 2.16. The van der Waals surface area contributed by atoms with Crippen LogP contribution in [0.25, 0.3) is 0 Å². The molecule has 1 N–H and O–H groups in total. The first-order chi connectivity index (χ1) is 9.85. The summed E-state index contributed by atoms with van der Waals surface area (Å²) in [5.41, 5.74) is 4.00. The summed E-state index contributed by atoms with van der Waals surface area (Å²) in [7, 11) is 0. The van der Waals surface area contributed by atoms with Crippen LogP contribution in [0.15, 0.2) is 29.4 Å². The van der Waals surface area contributed by atoms with Gasteiger partial charge in [0.25, 0.3) is 0 Å². The number of nitrogens with one attached hydrogen (secondary N) is 1. The number of ether oxygens (including phenoxy) is 1. The lowest BCUT2D eigenvalue weighted by molar-refractivity contribution is 0.315. The molecule has 2 heterocycles. The summed E-state index contributed by atoms with van der Waals surface area (Å²) < 4.78 is 5.66. The Bertz CT molecular complexity index is 502. The van der Waals surface area contributed by atoms with Crippen molar-refractivity contribution in [2.45, 2.75) is 32.7 Å². The quantitative estimate of drug-likeness (QED) is 0.809. The van der Waals surface area contributed by atoms with Crippen LogP contribution in [0, 0.1) is 0 Å². The van der Waals surface area contributed by atoms with Crippen molar-refractivity contribution in [1.82, 2.24) is 15.3 Å². The van der Waals surface area contributed by atoms with E-state index in [1.807, 2.05) is 11.7 Å². The second-order valence-electron chi connectivity index (χ2n) is 4.60. The third-order valence-corrected chi connectivity index (χ3v) is 3.49. The molecule has 2 aromatic heterocycles. The monoisotopic (exact) mass is 291 g/mol. The van der Waals surface area contributed by atoms with Crippen molar-refractivity contribution in [1.29, 1.82) is 0 Å². The van der Waals surface area contributed by atoms with E-state index in [-0.39, 0.29) is 6.04 Å². The molecule has 0 aliphatic heterocycles. The van der Waals surface area contributed by atoms with Crippen molar-refractivity contribution in [3.05, 3.63) is 40.6 Å². The lowest BCUT2D eigenvalue weighted by Crippen LogP contribution is -2.23. The fourth-order valence-electron chi connectivity index (χ4n) is 1.94. The molecule has 0 fully saturated rings. The van der Waals surface area contributed by atoms with Gasteiger partial charge in [-0.2, -0.15) is 0 Å². The third-order valence-electron chi connectivity index (χ3n) is 2.89. The van der Waals surface area contributed by atoms with E-state index < -0.39 is 0 Å². The zero-order valence-electron chi connectivity index (χ0n) is 12.0. The first kappa shape index (κ1) is 14.9. The highest BCUT2D eigenvalue weighted by molar-refractivity contribution is 7.07. The van der Waals surface area contributed by atoms with E-state index in [9.17, 15) is 0 Å². The molecule has 0 amide bonds. The lowest BCUT2D eigenvalue weighted by atomic mass is 10.1. The SMILES string of the molecule is CCCNC(c1cncc(OCCC)c1)c1cscn1. The van der Waals surface area contributed by atoms with Gasteiger partial charge in [0, 0.05) is 11.6 Å². The van der Waals surface area contributed by atoms with Crippen molar-refractivity contribution >= 4 is 11.3 Å². The van der Waals surface area contributed by atoms with Crippen LogP contribution < -0.4 is 10.1 Å². The Kier molecular flexibility index (Phi) is 5.95. The van der Waals surface area contributed by atoms with Gasteiger partial charge < -0.3 is 10.1 Å². The Balaban J connectivity index is 2.19. The Morgan fingerprint density at radius 3 is 2.90 bits per heavy atom. The summed E-state index contributed by atoms with van der Waals surface area (Å²) in [5, 5.41) is 5.60. The number of hydrogen-bond donors (Lipinski definition) is 1. The fourth-order valence-corrected chi connectivity index (χ4v) is 2.52. The molecule has 4 nitrogen and oxygen atoms in total. The smallest absolute Gasteiger partial charge is 0.137 e. The van der Waals surface area contributed by atoms with Crippen LogP contribution in [-0.4, -0.2) is 23.1 Å². The van der Waals surface area contributed by atoms with Crippen LogP contribution in [0.5, 0.6) is 5.75 Å². The Hall–Kier alpha value is -1.46. The Morgan fingerprint density at radius 2 is 2.20 bits per heavy atom. The summed E-state index contributed by atoms with van der Waals surface area (Å²) in [6.45, 7) is 5.92. The molecule has 0 aromatic carbocycles. The van der Waals surface area contributed by atoms with Gasteiger partial charge in [-0.25, -0.2) is 4.98 Å². The number of aromatic nitrogens is 2. The van der Waals surface area contributed by atoms with Crippen molar-refractivity contribution in [3.8, 4) is 5.75 Å². The summed E-state index contributed by atoms with van der Waals surface area (Å²) in [5.74, 6) is 0.822. The maximum atomic E-state index is 5.66. The summed E-state index contributed by atoms with van der Waals surface area (Å²) >= 11 is 1.61. The predicted molar refractivity (Wildman–Crippen MR) is 82.3 cm³/mol. The number of thiazole rings is 1. The fraction of sp³-hybridized carbons (Fsp3) is 0.467. The van der Waals surface area contributed by atoms with Crippen molar-refractivity contribution in [2.24, 2.45) is 0 Å². The average Bonchev–Trinajstić information content (AvgIpc) is 3.00. The average molecular weight is 291 g/mol. The molecule has 0 bridgehead atoms. The van der Waals surface area contributed by atoms with Gasteiger partial charge in [0.05, 0.1) is 30.1 Å². The molecule has 0 aliphatic rings. The second kappa shape index (κ2) is 7.97. The Morgan fingerprint density at radius 1 is 1.30 bits per heavy atom. The topological polar surface area (TPSA) is 47.0 Å². The van der Waals surface area contributed by atoms with E-state index in [1.54, 1.807) is 17.5 Å². The molecule has 2 aromatic rings. The highest BCUT2D eigenvalue weighted by atomic mass is 32.1. The minimum absolute atomic E-state index is 0.0823. The molecular weight excluding hydrogens is 270 g/mol. The summed E-state index contributed by atoms with van der Waals surface area (Å²) in [6, 6.07) is 2.13. The van der Waals surface area contributed by atoms with Gasteiger partial charge in [-0.05, 0) is 31.0 Å². The van der Waals surface area contributed by atoms with Gasteiger partial charge in [-0.15, -0.1) is 11.3 Å². The van der Waals surface area contributed by atoms with Crippen LogP contribution in [-0.2, 0) is 0 Å². The van der Waals surface area contributed by atoms with Gasteiger partial charge in [-0.1, -0.05) is 13.8 Å². The van der Waals surface area contributed by atoms with Crippen molar-refractivity contribution in [3.63, 3.8) is 0 Å². The summed E-state index contributed by atoms with van der Waals surface area (Å²) in [6.07, 6.45) is 5.72. The number of rotatable bonds is 8. The van der Waals surface area contributed by atoms with Crippen molar-refractivity contribution < 1.29 is 4.74 Å². The molecule has 2 rings (SSSR count). The molecule has 0 aliphatic carbocycles. The van der Waals surface area contributed by atoms with E-state index in [2.05, 4.69) is 40.6 Å². The molecule has 5 heteroatoms. The highest BCUT2D eigenvalue weighted by Crippen LogP contribution is 2.24. The minimum Gasteiger partial charge on any atom is -0.492 e. The first-order valence-corrected chi connectivity index (χ1v) is 7.98. The molecular formula is C15H21N3OS. The van der Waals surface area contributed by atoms with Gasteiger partial charge >= 0.3 is 0 Å². The van der Waals surface area contributed by atoms with Gasteiger partial charge in [-0.3, -0.25) is 4.98 Å². The number of hydrogen-bond acceptors (Lipinski definition) is 5. The first-order valence-electron chi connectivity index (χ1n) is 7.04. The Labute approximate surface area is 124 Å². The van der Waals surface area contributed by atoms with E-state index in [0.29, 0.717) is 0 Å². The van der Waals surface area contributed by atoms with E-state index in [4.69, 9.17) is 4.74 Å². The summed E-state index contributed by atoms with van der Waals surface area (Å²) in [4.78, 5) is 8.71. The number of nitrogens with zero attached hydrogens (tertiary/aromatic N) is 2. The normalized spacial score (nSPS) is 12.3. The van der Waals surface area contributed by atoms with Crippen molar-refractivity contribution in [2.75, 3.05) is 13.2 Å². The van der Waals surface area contributed by atoms with E-state index in [0.717, 1.165) is 43.0 Å².